The maximum atomic E-state index is 13.7. The molecule has 0 aliphatic carbocycles. The predicted octanol–water partition coefficient (Wildman–Crippen LogP) is 2.92. The highest BCUT2D eigenvalue weighted by atomic mass is 19.1. The molecule has 1 amide bonds. The lowest BCUT2D eigenvalue weighted by molar-refractivity contribution is -0.116. The summed E-state index contributed by atoms with van der Waals surface area (Å²) in [5.74, 6) is -0.163. The van der Waals surface area contributed by atoms with Crippen LogP contribution in [0.3, 0.4) is 0 Å². The number of fused-ring (bicyclic) bond motifs is 1. The van der Waals surface area contributed by atoms with Crippen molar-refractivity contribution < 1.29 is 14.3 Å². The molecule has 6 nitrogen and oxygen atoms in total. The second kappa shape index (κ2) is 7.53. The zero-order chi connectivity index (χ0) is 18.7. The Morgan fingerprint density at radius 1 is 1.31 bits per heavy atom. The van der Waals surface area contributed by atoms with E-state index in [2.05, 4.69) is 15.6 Å². The second-order valence-electron chi connectivity index (χ2n) is 6.25. The number of imidazole rings is 1. The van der Waals surface area contributed by atoms with Gasteiger partial charge in [-0.1, -0.05) is 18.2 Å². The molecule has 2 aromatic carbocycles. The summed E-state index contributed by atoms with van der Waals surface area (Å²) in [5, 5.41) is 15.2. The van der Waals surface area contributed by atoms with Crippen molar-refractivity contribution in [3.05, 3.63) is 53.8 Å². The summed E-state index contributed by atoms with van der Waals surface area (Å²) in [7, 11) is 0. The van der Waals surface area contributed by atoms with Crippen molar-refractivity contribution >= 4 is 28.6 Å². The van der Waals surface area contributed by atoms with Gasteiger partial charge in [0.15, 0.2) is 0 Å². The number of amides is 1. The lowest BCUT2D eigenvalue weighted by atomic mass is 10.2. The van der Waals surface area contributed by atoms with Crippen molar-refractivity contribution in [2.45, 2.75) is 26.5 Å². The molecule has 136 valence electrons. The smallest absolute Gasteiger partial charge is 0.244 e. The molecule has 3 aromatic rings. The zero-order valence-electron chi connectivity index (χ0n) is 14.7. The number of anilines is 2. The Balaban J connectivity index is 1.82. The molecule has 0 fully saturated rings. The van der Waals surface area contributed by atoms with Gasteiger partial charge < -0.3 is 20.3 Å². The van der Waals surface area contributed by atoms with Gasteiger partial charge in [0.2, 0.25) is 11.9 Å². The van der Waals surface area contributed by atoms with Gasteiger partial charge in [0.1, 0.15) is 12.4 Å². The van der Waals surface area contributed by atoms with E-state index in [1.54, 1.807) is 30.5 Å². The normalized spacial score (nSPS) is 12.2. The number of aryl methyl sites for hydroxylation is 1. The number of rotatable bonds is 6. The summed E-state index contributed by atoms with van der Waals surface area (Å²) in [5.41, 5.74) is 2.47. The van der Waals surface area contributed by atoms with E-state index in [1.165, 1.54) is 6.07 Å². The van der Waals surface area contributed by atoms with Crippen LogP contribution in [-0.4, -0.2) is 33.2 Å². The summed E-state index contributed by atoms with van der Waals surface area (Å²) < 4.78 is 15.4. The monoisotopic (exact) mass is 356 g/mol. The van der Waals surface area contributed by atoms with Crippen LogP contribution in [0.15, 0.2) is 42.5 Å². The average Bonchev–Trinajstić information content (AvgIpc) is 2.94. The van der Waals surface area contributed by atoms with E-state index in [9.17, 15) is 14.3 Å². The number of para-hydroxylation sites is 2. The number of carbonyl (C=O) groups excluding carboxylic acids is 1. The van der Waals surface area contributed by atoms with Crippen LogP contribution < -0.4 is 10.6 Å². The Kier molecular flexibility index (Phi) is 5.18. The minimum Gasteiger partial charge on any atom is -0.392 e. The van der Waals surface area contributed by atoms with Crippen LogP contribution in [0.5, 0.6) is 0 Å². The molecule has 0 saturated heterocycles. The summed E-state index contributed by atoms with van der Waals surface area (Å²) >= 11 is 0. The molecular weight excluding hydrogens is 335 g/mol. The van der Waals surface area contributed by atoms with Crippen molar-refractivity contribution in [2.24, 2.45) is 0 Å². The third-order valence-electron chi connectivity index (χ3n) is 3.97. The fourth-order valence-corrected chi connectivity index (χ4v) is 2.62. The molecule has 26 heavy (non-hydrogen) atoms. The molecule has 1 heterocycles. The molecule has 0 radical (unpaired) electrons. The summed E-state index contributed by atoms with van der Waals surface area (Å²) in [6.45, 7) is 3.66. The highest BCUT2D eigenvalue weighted by Crippen LogP contribution is 2.20. The van der Waals surface area contributed by atoms with Gasteiger partial charge >= 0.3 is 0 Å². The Morgan fingerprint density at radius 3 is 2.81 bits per heavy atom. The van der Waals surface area contributed by atoms with Gasteiger partial charge in [-0.05, 0) is 43.7 Å². The number of carbonyl (C=O) groups is 1. The quantitative estimate of drug-likeness (QED) is 0.634. The topological polar surface area (TPSA) is 79.2 Å². The van der Waals surface area contributed by atoms with Crippen LogP contribution in [-0.2, 0) is 11.3 Å². The lowest BCUT2D eigenvalue weighted by Crippen LogP contribution is -2.22. The fourth-order valence-electron chi connectivity index (χ4n) is 2.62. The van der Waals surface area contributed by atoms with Gasteiger partial charge in [-0.3, -0.25) is 4.79 Å². The van der Waals surface area contributed by atoms with Crippen LogP contribution >= 0.6 is 0 Å². The molecule has 0 aliphatic heterocycles. The first-order valence-electron chi connectivity index (χ1n) is 8.37. The molecule has 0 saturated carbocycles. The first-order chi connectivity index (χ1) is 12.4. The summed E-state index contributed by atoms with van der Waals surface area (Å²) in [6, 6.07) is 12.0. The Morgan fingerprint density at radius 2 is 2.08 bits per heavy atom. The number of aromatic nitrogens is 2. The fraction of sp³-hybridized carbons (Fsp3) is 0.263. The number of benzene rings is 2. The number of aliphatic hydroxyl groups excluding tert-OH is 1. The van der Waals surface area contributed by atoms with Gasteiger partial charge in [0, 0.05) is 12.2 Å². The Bertz CT molecular complexity index is 936. The predicted molar refractivity (Wildman–Crippen MR) is 99.7 cm³/mol. The first-order valence-corrected chi connectivity index (χ1v) is 8.37. The Labute approximate surface area is 150 Å². The van der Waals surface area contributed by atoms with Crippen LogP contribution in [0.4, 0.5) is 16.0 Å². The van der Waals surface area contributed by atoms with Gasteiger partial charge in [0.25, 0.3) is 0 Å². The van der Waals surface area contributed by atoms with E-state index in [0.717, 1.165) is 11.0 Å². The zero-order valence-corrected chi connectivity index (χ0v) is 14.7. The average molecular weight is 356 g/mol. The summed E-state index contributed by atoms with van der Waals surface area (Å²) in [4.78, 5) is 16.9. The van der Waals surface area contributed by atoms with Crippen molar-refractivity contribution in [1.82, 2.24) is 9.55 Å². The first kappa shape index (κ1) is 17.9. The third-order valence-corrected chi connectivity index (χ3v) is 3.97. The molecule has 1 unspecified atom stereocenters. The van der Waals surface area contributed by atoms with Gasteiger partial charge in [-0.15, -0.1) is 0 Å². The lowest BCUT2D eigenvalue weighted by Gasteiger charge is -2.12. The van der Waals surface area contributed by atoms with E-state index in [1.807, 2.05) is 24.3 Å². The van der Waals surface area contributed by atoms with Crippen LogP contribution in [0.25, 0.3) is 11.0 Å². The number of nitrogens with zero attached hydrogens (tertiary/aromatic N) is 2. The molecular formula is C19H21FN4O2. The second-order valence-corrected chi connectivity index (χ2v) is 6.25. The number of aliphatic hydroxyl groups is 1. The van der Waals surface area contributed by atoms with E-state index < -0.39 is 6.10 Å². The van der Waals surface area contributed by atoms with Crippen LogP contribution in [0, 0.1) is 12.7 Å². The molecule has 1 aromatic heterocycles. The minimum atomic E-state index is -0.548. The van der Waals surface area contributed by atoms with Crippen molar-refractivity contribution in [3.63, 3.8) is 0 Å². The van der Waals surface area contributed by atoms with Crippen molar-refractivity contribution in [3.8, 4) is 0 Å². The number of hydrogen-bond donors (Lipinski definition) is 3. The van der Waals surface area contributed by atoms with Crippen LogP contribution in [0.1, 0.15) is 12.5 Å². The van der Waals surface area contributed by atoms with Gasteiger partial charge in [-0.25, -0.2) is 9.37 Å². The van der Waals surface area contributed by atoms with E-state index in [4.69, 9.17) is 0 Å². The van der Waals surface area contributed by atoms with Crippen molar-refractivity contribution in [2.75, 3.05) is 17.2 Å². The molecule has 7 heteroatoms. The molecule has 3 N–H and O–H groups in total. The van der Waals surface area contributed by atoms with Gasteiger partial charge in [-0.2, -0.15) is 0 Å². The Hall–Kier alpha value is -2.93. The SMILES string of the molecule is Cc1ccc(NC(=O)Cn2c(NCC(C)O)nc3ccccc32)cc1F. The molecule has 3 rings (SSSR count). The highest BCUT2D eigenvalue weighted by molar-refractivity contribution is 5.92. The number of nitrogens with one attached hydrogen (secondary N) is 2. The number of halogens is 1. The maximum absolute atomic E-state index is 13.7. The number of hydrogen-bond acceptors (Lipinski definition) is 4. The van der Waals surface area contributed by atoms with Crippen LogP contribution in [0.2, 0.25) is 0 Å². The molecule has 0 spiro atoms. The summed E-state index contributed by atoms with van der Waals surface area (Å²) in [6.07, 6.45) is -0.548. The third kappa shape index (κ3) is 4.00. The maximum Gasteiger partial charge on any atom is 0.244 e. The van der Waals surface area contributed by atoms with Crippen molar-refractivity contribution in [1.29, 1.82) is 0 Å². The molecule has 0 bridgehead atoms. The largest absolute Gasteiger partial charge is 0.392 e. The van der Waals surface area contributed by atoms with E-state index in [0.29, 0.717) is 23.7 Å². The molecule has 1 atom stereocenters. The highest BCUT2D eigenvalue weighted by Gasteiger charge is 2.14. The van der Waals surface area contributed by atoms with E-state index in [-0.39, 0.29) is 18.3 Å². The molecule has 0 aliphatic rings. The van der Waals surface area contributed by atoms with E-state index >= 15 is 0 Å². The minimum absolute atomic E-state index is 0.0121. The standard InChI is InChI=1S/C19H21FN4O2/c1-12-7-8-14(9-15(12)20)22-18(26)11-24-17-6-4-3-5-16(17)23-19(24)21-10-13(2)25/h3-9,13,25H,10-11H2,1-2H3,(H,21,23)(H,22,26). The van der Waals surface area contributed by atoms with Gasteiger partial charge in [0.05, 0.1) is 17.1 Å².